The predicted molar refractivity (Wildman–Crippen MR) is 257 cm³/mol. The Balaban J connectivity index is 1.07. The van der Waals surface area contributed by atoms with Gasteiger partial charge in [0.1, 0.15) is 0 Å². The number of hydrogen-bond donors (Lipinski definition) is 0. The van der Waals surface area contributed by atoms with Gasteiger partial charge in [-0.1, -0.05) is 167 Å². The van der Waals surface area contributed by atoms with Gasteiger partial charge in [0.2, 0.25) is 0 Å². The zero-order chi connectivity index (χ0) is 41.6. The van der Waals surface area contributed by atoms with Crippen molar-refractivity contribution in [2.45, 2.75) is 94.3 Å². The number of anilines is 3. The number of rotatable bonds is 5. The molecule has 1 heteroatoms. The molecule has 0 heterocycles. The summed E-state index contributed by atoms with van der Waals surface area (Å²) in [4.78, 5) is 2.71. The van der Waals surface area contributed by atoms with E-state index in [2.05, 4.69) is 196 Å². The second-order valence-corrected chi connectivity index (χ2v) is 21.5. The van der Waals surface area contributed by atoms with Crippen molar-refractivity contribution >= 4 is 17.1 Å². The number of hydrogen-bond acceptors (Lipinski definition) is 1. The van der Waals surface area contributed by atoms with Crippen LogP contribution in [0.25, 0.3) is 22.3 Å². The van der Waals surface area contributed by atoms with Gasteiger partial charge in [-0.15, -0.1) is 0 Å². The number of nitrogens with zero attached hydrogens (tertiary/aromatic N) is 1. The van der Waals surface area contributed by atoms with E-state index in [0.29, 0.717) is 0 Å². The SMILES string of the molecule is CC1(C)CCC(C)(C)c2c(N(c3ccc(C4(c5ccccc5)c5ccccc5-c5ccccc54)cc3)c3cccc4c3-c3ccccc3C43C4CC5CC(C4)CC3C5)cccc21. The summed E-state index contributed by atoms with van der Waals surface area (Å²) in [5.74, 6) is 3.27. The lowest BCUT2D eigenvalue weighted by Crippen LogP contribution is -2.55. The lowest BCUT2D eigenvalue weighted by Gasteiger charge is -2.61. The predicted octanol–water partition coefficient (Wildman–Crippen LogP) is 15.6. The highest BCUT2D eigenvalue weighted by atomic mass is 15.2. The van der Waals surface area contributed by atoms with Gasteiger partial charge in [-0.3, -0.25) is 0 Å². The van der Waals surface area contributed by atoms with Crippen LogP contribution in [0.15, 0.2) is 164 Å². The smallest absolute Gasteiger partial charge is 0.0713 e. The molecule has 0 unspecified atom stereocenters. The monoisotopic (exact) mass is 803 g/mol. The Morgan fingerprint density at radius 1 is 0.403 bits per heavy atom. The summed E-state index contributed by atoms with van der Waals surface area (Å²) in [7, 11) is 0. The number of fused-ring (bicyclic) bond motifs is 7. The van der Waals surface area contributed by atoms with Gasteiger partial charge < -0.3 is 4.90 Å². The molecular weight excluding hydrogens is 747 g/mol. The van der Waals surface area contributed by atoms with Gasteiger partial charge in [-0.05, 0) is 165 Å². The average Bonchev–Trinajstić information content (AvgIpc) is 3.77. The quantitative estimate of drug-likeness (QED) is 0.168. The molecular formula is C61H57N. The molecule has 4 fully saturated rings. The van der Waals surface area contributed by atoms with Crippen molar-refractivity contribution < 1.29 is 0 Å². The van der Waals surface area contributed by atoms with E-state index in [1.165, 1.54) is 118 Å². The van der Waals surface area contributed by atoms with E-state index in [4.69, 9.17) is 0 Å². The summed E-state index contributed by atoms with van der Waals surface area (Å²) in [5.41, 5.74) is 20.8. The van der Waals surface area contributed by atoms with Crippen LogP contribution >= 0.6 is 0 Å². The molecule has 62 heavy (non-hydrogen) atoms. The molecule has 0 atom stereocenters. The van der Waals surface area contributed by atoms with Crippen LogP contribution in [0.3, 0.4) is 0 Å². The molecule has 1 nitrogen and oxygen atoms in total. The normalized spacial score (nSPS) is 25.7. The summed E-state index contributed by atoms with van der Waals surface area (Å²) >= 11 is 0. The van der Waals surface area contributed by atoms with E-state index >= 15 is 0 Å². The Morgan fingerprint density at radius 3 is 1.55 bits per heavy atom. The minimum Gasteiger partial charge on any atom is -0.310 e. The fourth-order valence-corrected chi connectivity index (χ4v) is 15.2. The Morgan fingerprint density at radius 2 is 0.903 bits per heavy atom. The molecule has 7 aliphatic rings. The molecule has 0 amide bonds. The maximum atomic E-state index is 2.71. The van der Waals surface area contributed by atoms with Crippen LogP contribution in [0.2, 0.25) is 0 Å². The van der Waals surface area contributed by atoms with E-state index in [1.807, 2.05) is 0 Å². The van der Waals surface area contributed by atoms with Crippen LogP contribution in [-0.4, -0.2) is 0 Å². The second-order valence-electron chi connectivity index (χ2n) is 21.5. The molecule has 306 valence electrons. The van der Waals surface area contributed by atoms with Gasteiger partial charge in [-0.2, -0.15) is 0 Å². The van der Waals surface area contributed by atoms with Crippen molar-refractivity contribution in [2.24, 2.45) is 23.7 Å². The Hall–Kier alpha value is -5.66. The summed E-state index contributed by atoms with van der Waals surface area (Å²) in [6.45, 7) is 9.94. The average molecular weight is 804 g/mol. The van der Waals surface area contributed by atoms with E-state index in [0.717, 1.165) is 23.7 Å². The van der Waals surface area contributed by atoms with E-state index < -0.39 is 5.41 Å². The lowest BCUT2D eigenvalue weighted by molar-refractivity contribution is -0.0399. The van der Waals surface area contributed by atoms with Crippen molar-refractivity contribution in [2.75, 3.05) is 4.90 Å². The van der Waals surface area contributed by atoms with E-state index in [-0.39, 0.29) is 16.2 Å². The summed E-state index contributed by atoms with van der Waals surface area (Å²) in [5, 5.41) is 0. The highest BCUT2D eigenvalue weighted by Crippen LogP contribution is 2.70. The molecule has 0 radical (unpaired) electrons. The third-order valence-corrected chi connectivity index (χ3v) is 17.6. The third kappa shape index (κ3) is 4.75. The topological polar surface area (TPSA) is 3.24 Å². The largest absolute Gasteiger partial charge is 0.310 e. The van der Waals surface area contributed by atoms with Crippen molar-refractivity contribution in [1.82, 2.24) is 0 Å². The first-order valence-corrected chi connectivity index (χ1v) is 23.7. The summed E-state index contributed by atoms with van der Waals surface area (Å²) < 4.78 is 0. The molecule has 0 saturated heterocycles. The molecule has 0 N–H and O–H groups in total. The molecule has 0 aromatic heterocycles. The lowest BCUT2D eigenvalue weighted by atomic mass is 9.43. The first-order valence-electron chi connectivity index (χ1n) is 23.7. The van der Waals surface area contributed by atoms with E-state index in [9.17, 15) is 0 Å². The highest BCUT2D eigenvalue weighted by molar-refractivity contribution is 5.96. The van der Waals surface area contributed by atoms with Crippen LogP contribution in [0.5, 0.6) is 0 Å². The Kier molecular flexibility index (Phi) is 7.72. The van der Waals surface area contributed by atoms with Gasteiger partial charge in [0, 0.05) is 16.7 Å². The van der Waals surface area contributed by atoms with Crippen molar-refractivity contribution in [3.63, 3.8) is 0 Å². The molecule has 4 saturated carbocycles. The summed E-state index contributed by atoms with van der Waals surface area (Å²) in [6, 6.07) is 63.7. The Labute approximate surface area is 368 Å². The van der Waals surface area contributed by atoms with Gasteiger partial charge in [0.05, 0.1) is 16.8 Å². The van der Waals surface area contributed by atoms with Crippen LogP contribution in [0.4, 0.5) is 17.1 Å². The zero-order valence-electron chi connectivity index (χ0n) is 36.8. The molecule has 1 spiro atoms. The van der Waals surface area contributed by atoms with Crippen LogP contribution in [-0.2, 0) is 21.7 Å². The van der Waals surface area contributed by atoms with Gasteiger partial charge in [0.15, 0.2) is 0 Å². The first-order chi connectivity index (χ1) is 30.2. The number of benzene rings is 7. The van der Waals surface area contributed by atoms with Gasteiger partial charge in [-0.25, -0.2) is 0 Å². The van der Waals surface area contributed by atoms with Crippen molar-refractivity contribution in [3.8, 4) is 22.3 Å². The standard InChI is InChI=1S/C61H57N/c1-58(2)32-33-59(3,4)57-53(58)25-15-27-55(57)62(54-26-14-24-52-56(54)48-20-10-13-23-51(48)61(52)43-35-39-34-40(37-43)38-44(61)36-39)45-30-28-42(29-31-45)60(41-16-6-5-7-17-41)49-21-11-8-18-46(49)47-19-9-12-22-50(47)60/h5-31,39-40,43-44H,32-38H2,1-4H3. The van der Waals surface area contributed by atoms with E-state index in [1.54, 1.807) is 11.1 Å². The van der Waals surface area contributed by atoms with Gasteiger partial charge >= 0.3 is 0 Å². The first kappa shape index (κ1) is 36.9. The minimum atomic E-state index is -0.436. The fraction of sp³-hybridized carbons (Fsp3) is 0.311. The highest BCUT2D eigenvalue weighted by Gasteiger charge is 2.62. The van der Waals surface area contributed by atoms with Gasteiger partial charge in [0.25, 0.3) is 0 Å². The second kappa shape index (κ2) is 12.9. The van der Waals surface area contributed by atoms with Crippen LogP contribution in [0, 0.1) is 23.7 Å². The molecule has 14 rings (SSSR count). The molecule has 0 aliphatic heterocycles. The maximum Gasteiger partial charge on any atom is 0.0713 e. The zero-order valence-corrected chi connectivity index (χ0v) is 36.8. The molecule has 7 aromatic rings. The third-order valence-electron chi connectivity index (χ3n) is 17.6. The molecule has 7 aromatic carbocycles. The van der Waals surface area contributed by atoms with Crippen LogP contribution in [0.1, 0.15) is 117 Å². The van der Waals surface area contributed by atoms with Crippen LogP contribution < -0.4 is 4.90 Å². The Bertz CT molecular complexity index is 2850. The molecule has 4 bridgehead atoms. The van der Waals surface area contributed by atoms with Crippen molar-refractivity contribution in [1.29, 1.82) is 0 Å². The maximum absolute atomic E-state index is 2.71. The molecule has 7 aliphatic carbocycles. The fourth-order valence-electron chi connectivity index (χ4n) is 15.2. The van der Waals surface area contributed by atoms with Crippen molar-refractivity contribution in [3.05, 3.63) is 208 Å². The minimum absolute atomic E-state index is 0.0206. The summed E-state index contributed by atoms with van der Waals surface area (Å²) in [6.07, 6.45) is 9.39.